The minimum absolute atomic E-state index is 0.0344. The van der Waals surface area contributed by atoms with E-state index in [1.165, 1.54) is 18.3 Å². The molecule has 1 rings (SSSR count). The van der Waals surface area contributed by atoms with E-state index in [9.17, 15) is 18.7 Å². The second-order valence-electron chi connectivity index (χ2n) is 5.25. The van der Waals surface area contributed by atoms with Gasteiger partial charge in [0.05, 0.1) is 5.60 Å². The quantitative estimate of drug-likeness (QED) is 0.806. The summed E-state index contributed by atoms with van der Waals surface area (Å²) < 4.78 is 29.1. The van der Waals surface area contributed by atoms with Crippen molar-refractivity contribution in [3.8, 4) is 5.88 Å². The van der Waals surface area contributed by atoms with E-state index in [1.54, 1.807) is 6.92 Å². The first-order valence-electron chi connectivity index (χ1n) is 6.60. The van der Waals surface area contributed by atoms with Crippen LogP contribution in [0.3, 0.4) is 0 Å². The van der Waals surface area contributed by atoms with Gasteiger partial charge in [0, 0.05) is 12.7 Å². The van der Waals surface area contributed by atoms with Crippen LogP contribution in [0.1, 0.15) is 31.1 Å². The lowest BCUT2D eigenvalue weighted by molar-refractivity contribution is 0.0141. The molecule has 0 aliphatic heterocycles. The van der Waals surface area contributed by atoms with Crippen molar-refractivity contribution in [1.29, 1.82) is 0 Å². The highest BCUT2D eigenvalue weighted by atomic mass is 19.3. The number of nitrogens with one attached hydrogen (secondary N) is 1. The highest BCUT2D eigenvalue weighted by Crippen LogP contribution is 2.17. The summed E-state index contributed by atoms with van der Waals surface area (Å²) in [5, 5.41) is 12.6. The van der Waals surface area contributed by atoms with Crippen LogP contribution in [-0.2, 0) is 0 Å². The summed E-state index contributed by atoms with van der Waals surface area (Å²) in [6.45, 7) is 4.46. The molecule has 1 atom stereocenters. The van der Waals surface area contributed by atoms with Crippen LogP contribution in [0, 0.1) is 5.92 Å². The van der Waals surface area contributed by atoms with Crippen LogP contribution in [0.15, 0.2) is 18.3 Å². The number of hydrogen-bond donors (Lipinski definition) is 2. The number of aromatic nitrogens is 1. The van der Waals surface area contributed by atoms with Crippen LogP contribution < -0.4 is 10.1 Å². The van der Waals surface area contributed by atoms with Gasteiger partial charge in [-0.2, -0.15) is 0 Å². The minimum Gasteiger partial charge on any atom is -0.471 e. The van der Waals surface area contributed by atoms with Crippen molar-refractivity contribution >= 4 is 5.91 Å². The van der Waals surface area contributed by atoms with Gasteiger partial charge in [0.15, 0.2) is 6.61 Å². The normalized spacial score (nSPS) is 14.1. The lowest BCUT2D eigenvalue weighted by Gasteiger charge is -2.27. The topological polar surface area (TPSA) is 71.5 Å². The molecule has 0 saturated carbocycles. The SMILES string of the molecule is CC(C)C(C)(O)CNC(=O)c1cccnc1OCC(F)F. The molecule has 118 valence electrons. The molecule has 5 nitrogen and oxygen atoms in total. The van der Waals surface area contributed by atoms with E-state index in [2.05, 4.69) is 10.3 Å². The maximum Gasteiger partial charge on any atom is 0.272 e. The first kappa shape index (κ1) is 17.3. The van der Waals surface area contributed by atoms with Crippen molar-refractivity contribution in [3.05, 3.63) is 23.9 Å². The van der Waals surface area contributed by atoms with Crippen molar-refractivity contribution in [1.82, 2.24) is 10.3 Å². The number of rotatable bonds is 7. The molecule has 7 heteroatoms. The van der Waals surface area contributed by atoms with Gasteiger partial charge in [-0.15, -0.1) is 0 Å². The Labute approximate surface area is 122 Å². The summed E-state index contributed by atoms with van der Waals surface area (Å²) in [7, 11) is 0. The standard InChI is InChI=1S/C14H20F2N2O3/c1-9(2)14(3,20)8-18-12(19)10-5-4-6-17-13(10)21-7-11(15)16/h4-6,9,11,20H,7-8H2,1-3H3,(H,18,19). The van der Waals surface area contributed by atoms with Crippen LogP contribution in [0.5, 0.6) is 5.88 Å². The molecule has 1 heterocycles. The summed E-state index contributed by atoms with van der Waals surface area (Å²) in [5.41, 5.74) is -1.01. The first-order chi connectivity index (χ1) is 9.74. The molecule has 21 heavy (non-hydrogen) atoms. The van der Waals surface area contributed by atoms with E-state index in [1.807, 2.05) is 13.8 Å². The second-order valence-corrected chi connectivity index (χ2v) is 5.25. The van der Waals surface area contributed by atoms with Crippen molar-refractivity contribution < 1.29 is 23.4 Å². The average molecular weight is 302 g/mol. The zero-order chi connectivity index (χ0) is 16.0. The fraction of sp³-hybridized carbons (Fsp3) is 0.571. The largest absolute Gasteiger partial charge is 0.471 e. The number of carbonyl (C=O) groups is 1. The maximum atomic E-state index is 12.2. The molecule has 0 fully saturated rings. The lowest BCUT2D eigenvalue weighted by atomic mass is 9.92. The third-order valence-corrected chi connectivity index (χ3v) is 3.21. The molecule has 2 N–H and O–H groups in total. The summed E-state index contributed by atoms with van der Waals surface area (Å²) >= 11 is 0. The average Bonchev–Trinajstić information content (AvgIpc) is 2.42. The van der Waals surface area contributed by atoms with Gasteiger partial charge in [0.1, 0.15) is 5.56 Å². The van der Waals surface area contributed by atoms with Crippen molar-refractivity contribution in [2.75, 3.05) is 13.2 Å². The number of carbonyl (C=O) groups excluding carboxylic acids is 1. The molecule has 0 radical (unpaired) electrons. The van der Waals surface area contributed by atoms with Gasteiger partial charge in [-0.25, -0.2) is 13.8 Å². The van der Waals surface area contributed by atoms with Crippen molar-refractivity contribution in [2.45, 2.75) is 32.8 Å². The molecule has 1 amide bonds. The number of nitrogens with zero attached hydrogens (tertiary/aromatic N) is 1. The zero-order valence-corrected chi connectivity index (χ0v) is 12.3. The van der Waals surface area contributed by atoms with Gasteiger partial charge in [0.25, 0.3) is 12.3 Å². The van der Waals surface area contributed by atoms with Crippen LogP contribution >= 0.6 is 0 Å². The van der Waals surface area contributed by atoms with Crippen LogP contribution in [-0.4, -0.2) is 41.2 Å². The Bertz CT molecular complexity index is 479. The van der Waals surface area contributed by atoms with Crippen LogP contribution in [0.2, 0.25) is 0 Å². The highest BCUT2D eigenvalue weighted by molar-refractivity contribution is 5.96. The molecule has 0 aliphatic rings. The Morgan fingerprint density at radius 2 is 2.19 bits per heavy atom. The molecule has 1 aromatic rings. The highest BCUT2D eigenvalue weighted by Gasteiger charge is 2.26. The van der Waals surface area contributed by atoms with E-state index in [0.29, 0.717) is 0 Å². The Balaban J connectivity index is 2.74. The number of pyridine rings is 1. The number of halogens is 2. The molecule has 0 spiro atoms. The third-order valence-electron chi connectivity index (χ3n) is 3.21. The van der Waals surface area contributed by atoms with Gasteiger partial charge in [-0.05, 0) is 25.0 Å². The fourth-order valence-electron chi connectivity index (χ4n) is 1.38. The van der Waals surface area contributed by atoms with Gasteiger partial charge < -0.3 is 15.2 Å². The first-order valence-corrected chi connectivity index (χ1v) is 6.60. The smallest absolute Gasteiger partial charge is 0.272 e. The van der Waals surface area contributed by atoms with Crippen LogP contribution in [0.4, 0.5) is 8.78 Å². The number of amides is 1. The molecule has 1 aromatic heterocycles. The monoisotopic (exact) mass is 302 g/mol. The molecule has 0 bridgehead atoms. The van der Waals surface area contributed by atoms with E-state index in [0.717, 1.165) is 0 Å². The molecule has 0 aromatic carbocycles. The number of ether oxygens (including phenoxy) is 1. The van der Waals surface area contributed by atoms with Gasteiger partial charge in [-0.3, -0.25) is 4.79 Å². The number of alkyl halides is 2. The Morgan fingerprint density at radius 3 is 2.76 bits per heavy atom. The predicted octanol–water partition coefficient (Wildman–Crippen LogP) is 1.86. The Kier molecular flexibility index (Phi) is 6.02. The Morgan fingerprint density at radius 1 is 1.52 bits per heavy atom. The van der Waals surface area contributed by atoms with E-state index < -0.39 is 24.5 Å². The zero-order valence-electron chi connectivity index (χ0n) is 12.3. The summed E-state index contributed by atoms with van der Waals surface area (Å²) in [4.78, 5) is 15.8. The van der Waals surface area contributed by atoms with E-state index in [4.69, 9.17) is 4.74 Å². The lowest BCUT2D eigenvalue weighted by Crippen LogP contribution is -2.44. The molecule has 1 unspecified atom stereocenters. The third kappa shape index (κ3) is 5.26. The molecule has 0 saturated heterocycles. The van der Waals surface area contributed by atoms with Gasteiger partial charge in [-0.1, -0.05) is 13.8 Å². The van der Waals surface area contributed by atoms with E-state index >= 15 is 0 Å². The molecular formula is C14H20F2N2O3. The fourth-order valence-corrected chi connectivity index (χ4v) is 1.38. The minimum atomic E-state index is -2.65. The Hall–Kier alpha value is -1.76. The van der Waals surface area contributed by atoms with Crippen molar-refractivity contribution in [2.24, 2.45) is 5.92 Å². The summed E-state index contributed by atoms with van der Waals surface area (Å²) in [6.07, 6.45) is -1.30. The van der Waals surface area contributed by atoms with Crippen molar-refractivity contribution in [3.63, 3.8) is 0 Å². The van der Waals surface area contributed by atoms with Gasteiger partial charge in [0.2, 0.25) is 5.88 Å². The molecular weight excluding hydrogens is 282 g/mol. The number of hydrogen-bond acceptors (Lipinski definition) is 4. The second kappa shape index (κ2) is 7.31. The summed E-state index contributed by atoms with van der Waals surface area (Å²) in [5.74, 6) is -0.742. The van der Waals surface area contributed by atoms with Gasteiger partial charge >= 0.3 is 0 Å². The maximum absolute atomic E-state index is 12.2. The van der Waals surface area contributed by atoms with E-state index in [-0.39, 0.29) is 23.9 Å². The molecule has 0 aliphatic carbocycles. The predicted molar refractivity (Wildman–Crippen MR) is 73.5 cm³/mol. The number of aliphatic hydroxyl groups is 1. The van der Waals surface area contributed by atoms with Crippen LogP contribution in [0.25, 0.3) is 0 Å². The summed E-state index contributed by atoms with van der Waals surface area (Å²) in [6, 6.07) is 2.93.